The zero-order valence-corrected chi connectivity index (χ0v) is 20.5. The lowest BCUT2D eigenvalue weighted by atomic mass is 9.89. The molecule has 182 valence electrons. The molecular formula is C27H30N4O4. The maximum atomic E-state index is 13.8. The number of Topliss-reactive ketones (excluding diaryl/α,β-unsaturated/α-hetero) is 1. The van der Waals surface area contributed by atoms with Gasteiger partial charge >= 0.3 is 0 Å². The minimum Gasteiger partial charge on any atom is -0.497 e. The SMILES string of the molecule is COc1ccc2c(c1)CC(C(=O)c1cn(CCN(C)C)c3cc(-c4cn[nH]c4OC)ccc13)CO2. The van der Waals surface area contributed by atoms with Gasteiger partial charge in [-0.25, -0.2) is 5.10 Å². The molecular weight excluding hydrogens is 444 g/mol. The Morgan fingerprint density at radius 3 is 2.83 bits per heavy atom. The number of nitrogens with zero attached hydrogens (tertiary/aromatic N) is 3. The van der Waals surface area contributed by atoms with Gasteiger partial charge in [0.05, 0.1) is 38.5 Å². The number of carbonyl (C=O) groups excluding carboxylic acids is 1. The number of rotatable bonds is 8. The molecule has 1 aliphatic heterocycles. The van der Waals surface area contributed by atoms with Gasteiger partial charge in [-0.15, -0.1) is 0 Å². The lowest BCUT2D eigenvalue weighted by Crippen LogP contribution is -2.28. The second-order valence-electron chi connectivity index (χ2n) is 9.14. The van der Waals surface area contributed by atoms with E-state index in [1.165, 1.54) is 0 Å². The van der Waals surface area contributed by atoms with Crippen molar-refractivity contribution < 1.29 is 19.0 Å². The Bertz CT molecular complexity index is 1370. The molecule has 1 atom stereocenters. The summed E-state index contributed by atoms with van der Waals surface area (Å²) in [5.74, 6) is 2.04. The topological polar surface area (TPSA) is 81.6 Å². The van der Waals surface area contributed by atoms with Crippen LogP contribution >= 0.6 is 0 Å². The molecule has 0 bridgehead atoms. The Labute approximate surface area is 204 Å². The molecule has 8 nitrogen and oxygen atoms in total. The Balaban J connectivity index is 1.52. The summed E-state index contributed by atoms with van der Waals surface area (Å²) in [6.07, 6.45) is 4.37. The summed E-state index contributed by atoms with van der Waals surface area (Å²) in [7, 11) is 7.35. The van der Waals surface area contributed by atoms with Crippen LogP contribution < -0.4 is 14.2 Å². The zero-order chi connectivity index (χ0) is 24.5. The molecule has 0 saturated carbocycles. The first kappa shape index (κ1) is 23.0. The van der Waals surface area contributed by atoms with E-state index in [1.54, 1.807) is 20.4 Å². The number of methoxy groups -OCH3 is 2. The molecule has 2 aromatic carbocycles. The van der Waals surface area contributed by atoms with Gasteiger partial charge in [0.15, 0.2) is 5.78 Å². The van der Waals surface area contributed by atoms with E-state index in [9.17, 15) is 4.79 Å². The van der Waals surface area contributed by atoms with Gasteiger partial charge in [0.1, 0.15) is 11.5 Å². The van der Waals surface area contributed by atoms with Gasteiger partial charge in [0.2, 0.25) is 5.88 Å². The number of H-pyrrole nitrogens is 1. The molecule has 5 rings (SSSR count). The highest BCUT2D eigenvalue weighted by atomic mass is 16.5. The number of nitrogens with one attached hydrogen (secondary N) is 1. The van der Waals surface area contributed by atoms with Crippen LogP contribution in [0.3, 0.4) is 0 Å². The molecule has 0 aliphatic carbocycles. The van der Waals surface area contributed by atoms with Crippen LogP contribution in [0, 0.1) is 5.92 Å². The third-order valence-electron chi connectivity index (χ3n) is 6.60. The van der Waals surface area contributed by atoms with Crippen molar-refractivity contribution in [1.29, 1.82) is 0 Å². The monoisotopic (exact) mass is 474 g/mol. The second kappa shape index (κ2) is 9.46. The Morgan fingerprint density at radius 1 is 1.20 bits per heavy atom. The van der Waals surface area contributed by atoms with Gasteiger partial charge in [0, 0.05) is 35.8 Å². The van der Waals surface area contributed by atoms with E-state index >= 15 is 0 Å². The molecule has 1 unspecified atom stereocenters. The summed E-state index contributed by atoms with van der Waals surface area (Å²) in [4.78, 5) is 15.9. The highest BCUT2D eigenvalue weighted by Crippen LogP contribution is 2.35. The van der Waals surface area contributed by atoms with E-state index in [0.29, 0.717) is 18.9 Å². The van der Waals surface area contributed by atoms with Gasteiger partial charge < -0.3 is 23.7 Å². The quantitative estimate of drug-likeness (QED) is 0.388. The maximum Gasteiger partial charge on any atom is 0.216 e. The van der Waals surface area contributed by atoms with E-state index in [1.807, 2.05) is 50.6 Å². The zero-order valence-electron chi connectivity index (χ0n) is 20.5. The van der Waals surface area contributed by atoms with Crippen molar-refractivity contribution in [2.24, 2.45) is 5.92 Å². The van der Waals surface area contributed by atoms with Crippen molar-refractivity contribution in [3.63, 3.8) is 0 Å². The number of aromatic nitrogens is 3. The van der Waals surface area contributed by atoms with Gasteiger partial charge in [0.25, 0.3) is 0 Å². The average molecular weight is 475 g/mol. The predicted molar refractivity (Wildman–Crippen MR) is 135 cm³/mol. The normalized spacial score (nSPS) is 15.2. The number of carbonyl (C=O) groups is 1. The number of fused-ring (bicyclic) bond motifs is 2. The Hall–Kier alpha value is -3.78. The Morgan fingerprint density at radius 2 is 2.06 bits per heavy atom. The van der Waals surface area contributed by atoms with Crippen LogP contribution in [0.4, 0.5) is 0 Å². The largest absolute Gasteiger partial charge is 0.497 e. The van der Waals surface area contributed by atoms with E-state index in [0.717, 1.165) is 57.7 Å². The molecule has 0 fully saturated rings. The van der Waals surface area contributed by atoms with Crippen LogP contribution in [0.1, 0.15) is 15.9 Å². The number of ketones is 1. The van der Waals surface area contributed by atoms with E-state index in [4.69, 9.17) is 14.2 Å². The summed E-state index contributed by atoms with van der Waals surface area (Å²) in [5, 5.41) is 7.93. The molecule has 3 heterocycles. The van der Waals surface area contributed by atoms with Crippen LogP contribution in [0.15, 0.2) is 48.8 Å². The highest BCUT2D eigenvalue weighted by Gasteiger charge is 2.29. The molecule has 0 amide bonds. The molecule has 0 spiro atoms. The van der Waals surface area contributed by atoms with Crippen LogP contribution in [-0.4, -0.2) is 66.9 Å². The summed E-state index contributed by atoms with van der Waals surface area (Å²) in [5.41, 5.74) is 4.60. The first-order valence-corrected chi connectivity index (χ1v) is 11.7. The minimum atomic E-state index is -0.254. The highest BCUT2D eigenvalue weighted by molar-refractivity contribution is 6.10. The van der Waals surface area contributed by atoms with Gasteiger partial charge in [-0.3, -0.25) is 4.79 Å². The molecule has 1 aliphatic rings. The standard InChI is InChI=1S/C27H30N4O4/c1-30(2)9-10-31-15-23(21-7-5-17(13-24(21)31)22-14-28-29-27(22)34-4)26(32)19-11-18-12-20(33-3)6-8-25(18)35-16-19/h5-8,12-15,19H,9-11,16H2,1-4H3,(H,28,29). The lowest BCUT2D eigenvalue weighted by molar-refractivity contribution is 0.0856. The van der Waals surface area contributed by atoms with E-state index < -0.39 is 0 Å². The third-order valence-corrected chi connectivity index (χ3v) is 6.60. The van der Waals surface area contributed by atoms with Crippen molar-refractivity contribution in [2.75, 3.05) is 41.5 Å². The van der Waals surface area contributed by atoms with Crippen molar-refractivity contribution in [3.8, 4) is 28.5 Å². The number of benzene rings is 2. The molecule has 35 heavy (non-hydrogen) atoms. The second-order valence-corrected chi connectivity index (χ2v) is 9.14. The van der Waals surface area contributed by atoms with Gasteiger partial charge in [-0.2, -0.15) is 5.10 Å². The fourth-order valence-electron chi connectivity index (χ4n) is 4.67. The fraction of sp³-hybridized carbons (Fsp3) is 0.333. The number of ether oxygens (including phenoxy) is 3. The van der Waals surface area contributed by atoms with Crippen LogP contribution in [0.2, 0.25) is 0 Å². The number of hydrogen-bond donors (Lipinski definition) is 1. The molecule has 0 saturated heterocycles. The maximum absolute atomic E-state index is 13.8. The van der Waals surface area contributed by atoms with Crippen molar-refractivity contribution in [1.82, 2.24) is 19.7 Å². The van der Waals surface area contributed by atoms with Gasteiger partial charge in [-0.1, -0.05) is 12.1 Å². The molecule has 4 aromatic rings. The van der Waals surface area contributed by atoms with Crippen LogP contribution in [-0.2, 0) is 13.0 Å². The van der Waals surface area contributed by atoms with E-state index in [2.05, 4.69) is 25.7 Å². The molecule has 0 radical (unpaired) electrons. The average Bonchev–Trinajstić information content (AvgIpc) is 3.50. The summed E-state index contributed by atoms with van der Waals surface area (Å²) in [6.45, 7) is 1.99. The summed E-state index contributed by atoms with van der Waals surface area (Å²) >= 11 is 0. The summed E-state index contributed by atoms with van der Waals surface area (Å²) < 4.78 is 18.9. The van der Waals surface area contributed by atoms with E-state index in [-0.39, 0.29) is 11.7 Å². The smallest absolute Gasteiger partial charge is 0.216 e. The molecule has 2 aromatic heterocycles. The fourth-order valence-corrected chi connectivity index (χ4v) is 4.67. The minimum absolute atomic E-state index is 0.0979. The summed E-state index contributed by atoms with van der Waals surface area (Å²) in [6, 6.07) is 11.9. The molecule has 8 heteroatoms. The third kappa shape index (κ3) is 4.37. The van der Waals surface area contributed by atoms with Crippen LogP contribution in [0.5, 0.6) is 17.4 Å². The number of likely N-dealkylation sites (N-methyl/N-ethyl adjacent to an activating group) is 1. The molecule has 1 N–H and O–H groups in total. The number of aromatic amines is 1. The van der Waals surface area contributed by atoms with Crippen molar-refractivity contribution in [2.45, 2.75) is 13.0 Å². The lowest BCUT2D eigenvalue weighted by Gasteiger charge is -2.24. The first-order chi connectivity index (χ1) is 17.0. The number of hydrogen-bond acceptors (Lipinski definition) is 6. The first-order valence-electron chi connectivity index (χ1n) is 11.7. The van der Waals surface area contributed by atoms with Crippen molar-refractivity contribution in [3.05, 3.63) is 59.9 Å². The van der Waals surface area contributed by atoms with Crippen molar-refractivity contribution >= 4 is 16.7 Å². The van der Waals surface area contributed by atoms with Crippen LogP contribution in [0.25, 0.3) is 22.0 Å². The Kier molecular flexibility index (Phi) is 6.21. The van der Waals surface area contributed by atoms with Gasteiger partial charge in [-0.05, 0) is 55.9 Å². The predicted octanol–water partition coefficient (Wildman–Crippen LogP) is 4.04.